The van der Waals surface area contributed by atoms with Crippen molar-refractivity contribution in [2.24, 2.45) is 10.7 Å². The largest absolute Gasteiger partial charge is 0.454 e. The van der Waals surface area contributed by atoms with Crippen LogP contribution in [-0.4, -0.2) is 49.0 Å². The monoisotopic (exact) mass is 335 g/mol. The summed E-state index contributed by atoms with van der Waals surface area (Å²) < 4.78 is 5.36. The molecule has 0 radical (unpaired) electrons. The zero-order valence-corrected chi connectivity index (χ0v) is 14.7. The summed E-state index contributed by atoms with van der Waals surface area (Å²) in [7, 11) is 0. The van der Waals surface area contributed by atoms with Crippen LogP contribution < -0.4 is 16.4 Å². The average molecular weight is 335 g/mol. The van der Waals surface area contributed by atoms with E-state index in [0.717, 1.165) is 38.4 Å². The second-order valence-electron chi connectivity index (χ2n) is 6.09. The van der Waals surface area contributed by atoms with Gasteiger partial charge in [0, 0.05) is 25.7 Å². The Bertz CT molecular complexity index is 547. The number of nitrogens with zero attached hydrogens (tertiary/aromatic N) is 2. The smallest absolute Gasteiger partial charge is 0.284 e. The fourth-order valence-electron chi connectivity index (χ4n) is 2.88. The number of rotatable bonds is 7. The number of aliphatic imine (C=N–C) groups is 1. The quantitative estimate of drug-likeness (QED) is 0.516. The Labute approximate surface area is 143 Å². The maximum Gasteiger partial charge on any atom is 0.284 e. The van der Waals surface area contributed by atoms with Gasteiger partial charge in [-0.15, -0.1) is 0 Å². The molecule has 0 unspecified atom stereocenters. The number of primary amides is 1. The molecule has 1 aliphatic rings. The minimum atomic E-state index is -0.561. The number of nitrogens with two attached hydrogens (primary N) is 1. The molecule has 7 heteroatoms. The molecule has 1 fully saturated rings. The number of piperidine rings is 1. The van der Waals surface area contributed by atoms with Crippen molar-refractivity contribution in [2.75, 3.05) is 26.2 Å². The highest BCUT2D eigenvalue weighted by Crippen LogP contribution is 2.11. The molecule has 1 aliphatic heterocycles. The molecule has 0 bridgehead atoms. The van der Waals surface area contributed by atoms with Crippen molar-refractivity contribution in [2.45, 2.75) is 45.7 Å². The lowest BCUT2D eigenvalue weighted by Gasteiger charge is -2.32. The Hall–Kier alpha value is -2.02. The zero-order valence-electron chi connectivity index (χ0n) is 14.7. The molecule has 134 valence electrons. The van der Waals surface area contributed by atoms with Gasteiger partial charge in [0.1, 0.15) is 12.3 Å². The number of carbonyl (C=O) groups excluding carboxylic acids is 1. The summed E-state index contributed by atoms with van der Waals surface area (Å²) in [6.07, 6.45) is 3.45. The molecule has 1 aromatic rings. The van der Waals surface area contributed by atoms with Crippen LogP contribution in [0.5, 0.6) is 0 Å². The first-order valence-electron chi connectivity index (χ1n) is 8.78. The Morgan fingerprint density at radius 3 is 2.71 bits per heavy atom. The third-order valence-corrected chi connectivity index (χ3v) is 4.11. The fourth-order valence-corrected chi connectivity index (χ4v) is 2.88. The molecule has 0 atom stereocenters. The molecule has 0 spiro atoms. The third-order valence-electron chi connectivity index (χ3n) is 4.11. The van der Waals surface area contributed by atoms with Gasteiger partial charge in [-0.05, 0) is 44.9 Å². The van der Waals surface area contributed by atoms with Gasteiger partial charge in [0.15, 0.2) is 11.7 Å². The van der Waals surface area contributed by atoms with Gasteiger partial charge >= 0.3 is 0 Å². The van der Waals surface area contributed by atoms with Crippen molar-refractivity contribution in [3.05, 3.63) is 23.7 Å². The Kier molecular flexibility index (Phi) is 7.11. The highest BCUT2D eigenvalue weighted by molar-refractivity contribution is 5.89. The van der Waals surface area contributed by atoms with Crippen molar-refractivity contribution < 1.29 is 9.21 Å². The number of guanidine groups is 1. The highest BCUT2D eigenvalue weighted by atomic mass is 16.3. The number of hydrogen-bond donors (Lipinski definition) is 3. The van der Waals surface area contributed by atoms with Gasteiger partial charge in [-0.3, -0.25) is 4.79 Å². The van der Waals surface area contributed by atoms with Gasteiger partial charge in [-0.2, -0.15) is 0 Å². The van der Waals surface area contributed by atoms with E-state index in [4.69, 9.17) is 10.2 Å². The van der Waals surface area contributed by atoms with E-state index in [1.165, 1.54) is 13.0 Å². The molecule has 1 aromatic heterocycles. The van der Waals surface area contributed by atoms with Crippen molar-refractivity contribution in [3.63, 3.8) is 0 Å². The summed E-state index contributed by atoms with van der Waals surface area (Å²) in [5.41, 5.74) is 5.19. The molecule has 2 rings (SSSR count). The number of furan rings is 1. The second-order valence-corrected chi connectivity index (χ2v) is 6.09. The van der Waals surface area contributed by atoms with Crippen LogP contribution in [0.4, 0.5) is 0 Å². The first-order valence-corrected chi connectivity index (χ1v) is 8.78. The molecule has 0 aromatic carbocycles. The number of nitrogens with one attached hydrogen (secondary N) is 2. The number of likely N-dealkylation sites (tertiary alicyclic amines) is 1. The van der Waals surface area contributed by atoms with E-state index < -0.39 is 5.91 Å². The number of carbonyl (C=O) groups is 1. The molecule has 2 heterocycles. The molecular weight excluding hydrogens is 306 g/mol. The Balaban J connectivity index is 1.87. The first kappa shape index (κ1) is 18.3. The molecule has 0 aliphatic carbocycles. The number of amides is 1. The molecular formula is C17H29N5O2. The lowest BCUT2D eigenvalue weighted by Crippen LogP contribution is -2.48. The predicted molar refractivity (Wildman–Crippen MR) is 94.9 cm³/mol. The molecule has 7 nitrogen and oxygen atoms in total. The lowest BCUT2D eigenvalue weighted by atomic mass is 10.1. The summed E-state index contributed by atoms with van der Waals surface area (Å²) in [6, 6.07) is 3.75. The van der Waals surface area contributed by atoms with Crippen molar-refractivity contribution >= 4 is 11.9 Å². The number of hydrogen-bond acceptors (Lipinski definition) is 4. The standard InChI is InChI=1S/C17H29N5O2/c1-3-9-22-10-7-13(8-11-22)21-17(19-4-2)20-12-14-5-6-15(24-14)16(18)23/h5-6,13H,3-4,7-12H2,1-2H3,(H2,18,23)(H2,19,20,21). The average Bonchev–Trinajstić information content (AvgIpc) is 3.04. The van der Waals surface area contributed by atoms with Gasteiger partial charge in [0.2, 0.25) is 0 Å². The molecule has 24 heavy (non-hydrogen) atoms. The van der Waals surface area contributed by atoms with Crippen LogP contribution in [0.25, 0.3) is 0 Å². The van der Waals surface area contributed by atoms with Gasteiger partial charge in [0.25, 0.3) is 5.91 Å². The maximum absolute atomic E-state index is 11.1. The summed E-state index contributed by atoms with van der Waals surface area (Å²) in [6.45, 7) is 8.87. The van der Waals surface area contributed by atoms with Crippen molar-refractivity contribution in [3.8, 4) is 0 Å². The van der Waals surface area contributed by atoms with E-state index in [9.17, 15) is 4.79 Å². The highest BCUT2D eigenvalue weighted by Gasteiger charge is 2.19. The summed E-state index contributed by atoms with van der Waals surface area (Å²) in [5.74, 6) is 1.01. The van der Waals surface area contributed by atoms with Crippen LogP contribution in [0.1, 0.15) is 49.4 Å². The van der Waals surface area contributed by atoms with Gasteiger partial charge < -0.3 is 25.7 Å². The second kappa shape index (κ2) is 9.32. The molecule has 1 saturated heterocycles. The normalized spacial score (nSPS) is 17.0. The summed E-state index contributed by atoms with van der Waals surface area (Å²) in [5, 5.41) is 6.76. The minimum Gasteiger partial charge on any atom is -0.454 e. The van der Waals surface area contributed by atoms with E-state index in [1.807, 2.05) is 6.92 Å². The van der Waals surface area contributed by atoms with E-state index in [2.05, 4.69) is 27.4 Å². The summed E-state index contributed by atoms with van der Waals surface area (Å²) in [4.78, 5) is 18.1. The Morgan fingerprint density at radius 1 is 1.38 bits per heavy atom. The van der Waals surface area contributed by atoms with Crippen LogP contribution in [0.3, 0.4) is 0 Å². The summed E-state index contributed by atoms with van der Waals surface area (Å²) >= 11 is 0. The third kappa shape index (κ3) is 5.56. The van der Waals surface area contributed by atoms with E-state index in [-0.39, 0.29) is 5.76 Å². The van der Waals surface area contributed by atoms with Crippen molar-refractivity contribution in [1.82, 2.24) is 15.5 Å². The van der Waals surface area contributed by atoms with Crippen LogP contribution in [-0.2, 0) is 6.54 Å². The van der Waals surface area contributed by atoms with Crippen LogP contribution >= 0.6 is 0 Å². The first-order chi connectivity index (χ1) is 11.6. The SMILES string of the molecule is CCCN1CCC(NC(=NCc2ccc(C(N)=O)o2)NCC)CC1. The minimum absolute atomic E-state index is 0.168. The van der Waals surface area contributed by atoms with Gasteiger partial charge in [-0.1, -0.05) is 6.92 Å². The van der Waals surface area contributed by atoms with Crippen LogP contribution in [0, 0.1) is 0 Å². The zero-order chi connectivity index (χ0) is 17.4. The topological polar surface area (TPSA) is 95.9 Å². The van der Waals surface area contributed by atoms with Crippen LogP contribution in [0.15, 0.2) is 21.5 Å². The van der Waals surface area contributed by atoms with E-state index >= 15 is 0 Å². The Morgan fingerprint density at radius 2 is 2.12 bits per heavy atom. The fraction of sp³-hybridized carbons (Fsp3) is 0.647. The van der Waals surface area contributed by atoms with Crippen molar-refractivity contribution in [1.29, 1.82) is 0 Å². The van der Waals surface area contributed by atoms with Crippen LogP contribution in [0.2, 0.25) is 0 Å². The molecule has 1 amide bonds. The van der Waals surface area contributed by atoms with Gasteiger partial charge in [0.05, 0.1) is 0 Å². The predicted octanol–water partition coefficient (Wildman–Crippen LogP) is 1.31. The van der Waals surface area contributed by atoms with E-state index in [1.54, 1.807) is 12.1 Å². The maximum atomic E-state index is 11.1. The molecule has 4 N–H and O–H groups in total. The molecule has 0 saturated carbocycles. The lowest BCUT2D eigenvalue weighted by molar-refractivity contribution is 0.0972. The van der Waals surface area contributed by atoms with E-state index in [0.29, 0.717) is 18.3 Å². The van der Waals surface area contributed by atoms with Gasteiger partial charge in [-0.25, -0.2) is 4.99 Å².